The fourth-order valence-electron chi connectivity index (χ4n) is 3.04. The van der Waals surface area contributed by atoms with Crippen molar-refractivity contribution in [2.24, 2.45) is 0 Å². The van der Waals surface area contributed by atoms with Crippen LogP contribution in [0.3, 0.4) is 0 Å². The Morgan fingerprint density at radius 2 is 1.86 bits per heavy atom. The molecule has 0 bridgehead atoms. The van der Waals surface area contributed by atoms with Crippen molar-refractivity contribution in [1.82, 2.24) is 0 Å². The second-order valence-electron chi connectivity index (χ2n) is 5.64. The van der Waals surface area contributed by atoms with E-state index >= 15 is 0 Å². The summed E-state index contributed by atoms with van der Waals surface area (Å²) in [6.07, 6.45) is 2.83. The Bertz CT molecular complexity index is 662. The van der Waals surface area contributed by atoms with Crippen molar-refractivity contribution in [2.75, 3.05) is 0 Å². The third kappa shape index (κ3) is 2.60. The van der Waals surface area contributed by atoms with Crippen LogP contribution in [0.15, 0.2) is 48.5 Å². The SMILES string of the molecule is O=C(Cc1cc(Cl)ccc1F)C1(c2ccccc2)CCC1. The number of carbonyl (C=O) groups excluding carboxylic acids is 1. The van der Waals surface area contributed by atoms with Gasteiger partial charge in [0, 0.05) is 11.4 Å². The van der Waals surface area contributed by atoms with Crippen LogP contribution in [0.2, 0.25) is 5.02 Å². The molecule has 2 aromatic carbocycles. The summed E-state index contributed by atoms with van der Waals surface area (Å²) in [6.45, 7) is 0. The topological polar surface area (TPSA) is 17.1 Å². The van der Waals surface area contributed by atoms with E-state index in [-0.39, 0.29) is 18.0 Å². The van der Waals surface area contributed by atoms with Gasteiger partial charge in [-0.3, -0.25) is 4.79 Å². The van der Waals surface area contributed by atoms with Gasteiger partial charge in [0.1, 0.15) is 11.6 Å². The zero-order valence-corrected chi connectivity index (χ0v) is 12.4. The third-order valence-corrected chi connectivity index (χ3v) is 4.66. The molecular weight excluding hydrogens is 287 g/mol. The fraction of sp³-hybridized carbons (Fsp3) is 0.278. The summed E-state index contributed by atoms with van der Waals surface area (Å²) in [5.74, 6) is -0.281. The first-order valence-electron chi connectivity index (χ1n) is 7.15. The van der Waals surface area contributed by atoms with Crippen LogP contribution in [0.1, 0.15) is 30.4 Å². The largest absolute Gasteiger partial charge is 0.298 e. The molecule has 0 heterocycles. The lowest BCUT2D eigenvalue weighted by molar-refractivity contribution is -0.127. The van der Waals surface area contributed by atoms with Crippen LogP contribution >= 0.6 is 11.6 Å². The zero-order chi connectivity index (χ0) is 14.9. The van der Waals surface area contributed by atoms with Gasteiger partial charge in [-0.15, -0.1) is 0 Å². The van der Waals surface area contributed by atoms with Crippen LogP contribution in [-0.2, 0) is 16.6 Å². The normalized spacial score (nSPS) is 16.3. The summed E-state index contributed by atoms with van der Waals surface area (Å²) in [5.41, 5.74) is 0.995. The number of carbonyl (C=O) groups is 1. The highest BCUT2D eigenvalue weighted by molar-refractivity contribution is 6.30. The number of benzene rings is 2. The predicted molar refractivity (Wildman–Crippen MR) is 82.1 cm³/mol. The number of rotatable bonds is 4. The number of halogens is 2. The molecule has 0 saturated heterocycles. The van der Waals surface area contributed by atoms with Crippen LogP contribution in [0.25, 0.3) is 0 Å². The minimum Gasteiger partial charge on any atom is -0.298 e. The van der Waals surface area contributed by atoms with E-state index in [4.69, 9.17) is 11.6 Å². The molecule has 1 nitrogen and oxygen atoms in total. The summed E-state index contributed by atoms with van der Waals surface area (Å²) in [7, 11) is 0. The van der Waals surface area contributed by atoms with Gasteiger partial charge < -0.3 is 0 Å². The Morgan fingerprint density at radius 1 is 1.14 bits per heavy atom. The zero-order valence-electron chi connectivity index (χ0n) is 11.6. The Morgan fingerprint density at radius 3 is 2.48 bits per heavy atom. The Balaban J connectivity index is 1.89. The maximum Gasteiger partial charge on any atom is 0.147 e. The highest BCUT2D eigenvalue weighted by Gasteiger charge is 2.44. The standard InChI is InChI=1S/C18H16ClFO/c19-15-7-8-16(20)13(11-15)12-17(21)18(9-4-10-18)14-5-2-1-3-6-14/h1-3,5-8,11H,4,9-10,12H2. The summed E-state index contributed by atoms with van der Waals surface area (Å²) in [6, 6.07) is 14.2. The number of Topliss-reactive ketones (excluding diaryl/α,β-unsaturated/α-hetero) is 1. The lowest BCUT2D eigenvalue weighted by atomic mass is 9.61. The molecule has 1 saturated carbocycles. The molecule has 21 heavy (non-hydrogen) atoms. The van der Waals surface area contributed by atoms with Crippen molar-refractivity contribution in [3.8, 4) is 0 Å². The number of hydrogen-bond donors (Lipinski definition) is 0. The highest BCUT2D eigenvalue weighted by Crippen LogP contribution is 2.45. The van der Waals surface area contributed by atoms with Crippen LogP contribution in [0.4, 0.5) is 4.39 Å². The summed E-state index contributed by atoms with van der Waals surface area (Å²) >= 11 is 5.90. The molecule has 1 aliphatic rings. The minimum atomic E-state index is -0.435. The number of ketones is 1. The molecule has 0 aliphatic heterocycles. The van der Waals surface area contributed by atoms with Gasteiger partial charge in [0.25, 0.3) is 0 Å². The van der Waals surface area contributed by atoms with E-state index in [1.807, 2.05) is 30.3 Å². The first-order chi connectivity index (χ1) is 10.1. The average Bonchev–Trinajstić information content (AvgIpc) is 2.43. The predicted octanol–water partition coefficient (Wildman–Crippen LogP) is 4.71. The lowest BCUT2D eigenvalue weighted by Gasteiger charge is -2.41. The molecule has 0 atom stereocenters. The molecule has 2 aromatic rings. The van der Waals surface area contributed by atoms with Gasteiger partial charge in [0.05, 0.1) is 5.41 Å². The Hall–Kier alpha value is -1.67. The van der Waals surface area contributed by atoms with Gasteiger partial charge in [-0.2, -0.15) is 0 Å². The van der Waals surface area contributed by atoms with Crippen molar-refractivity contribution >= 4 is 17.4 Å². The van der Waals surface area contributed by atoms with E-state index in [2.05, 4.69) is 0 Å². The van der Waals surface area contributed by atoms with Crippen molar-refractivity contribution in [3.05, 3.63) is 70.5 Å². The molecule has 0 unspecified atom stereocenters. The van der Waals surface area contributed by atoms with Crippen LogP contribution in [0.5, 0.6) is 0 Å². The molecule has 108 valence electrons. The van der Waals surface area contributed by atoms with Gasteiger partial charge in [-0.1, -0.05) is 48.4 Å². The van der Waals surface area contributed by atoms with E-state index in [1.54, 1.807) is 6.07 Å². The molecule has 1 aliphatic carbocycles. The van der Waals surface area contributed by atoms with E-state index < -0.39 is 5.41 Å². The molecular formula is C18H16ClFO. The summed E-state index contributed by atoms with van der Waals surface area (Å²) < 4.78 is 13.8. The Labute approximate surface area is 128 Å². The van der Waals surface area contributed by atoms with Crippen LogP contribution < -0.4 is 0 Å². The molecule has 0 radical (unpaired) electrons. The maximum absolute atomic E-state index is 13.8. The molecule has 3 heteroatoms. The van der Waals surface area contributed by atoms with Crippen LogP contribution in [0, 0.1) is 5.82 Å². The lowest BCUT2D eigenvalue weighted by Crippen LogP contribution is -2.43. The van der Waals surface area contributed by atoms with Crippen LogP contribution in [-0.4, -0.2) is 5.78 Å². The molecule has 1 fully saturated rings. The fourth-order valence-corrected chi connectivity index (χ4v) is 3.23. The van der Waals surface area contributed by atoms with Crippen molar-refractivity contribution in [3.63, 3.8) is 0 Å². The second-order valence-corrected chi connectivity index (χ2v) is 6.07. The minimum absolute atomic E-state index is 0.0844. The molecule has 0 aromatic heterocycles. The monoisotopic (exact) mass is 302 g/mol. The van der Waals surface area contributed by atoms with E-state index in [0.29, 0.717) is 10.6 Å². The Kier molecular flexibility index (Phi) is 3.81. The van der Waals surface area contributed by atoms with Crippen molar-refractivity contribution < 1.29 is 9.18 Å². The quantitative estimate of drug-likeness (QED) is 0.799. The van der Waals surface area contributed by atoms with Gasteiger partial charge in [-0.05, 0) is 42.2 Å². The summed E-state index contributed by atoms with van der Waals surface area (Å²) in [4.78, 5) is 12.8. The molecule has 3 rings (SSSR count). The van der Waals surface area contributed by atoms with Crippen molar-refractivity contribution in [1.29, 1.82) is 0 Å². The number of hydrogen-bond acceptors (Lipinski definition) is 1. The second kappa shape index (κ2) is 5.61. The first-order valence-corrected chi connectivity index (χ1v) is 7.52. The van der Waals surface area contributed by atoms with E-state index in [9.17, 15) is 9.18 Å². The van der Waals surface area contributed by atoms with Crippen molar-refractivity contribution in [2.45, 2.75) is 31.1 Å². The smallest absolute Gasteiger partial charge is 0.147 e. The summed E-state index contributed by atoms with van der Waals surface area (Å²) in [5, 5.41) is 0.460. The van der Waals surface area contributed by atoms with Gasteiger partial charge in [-0.25, -0.2) is 4.39 Å². The van der Waals surface area contributed by atoms with Gasteiger partial charge in [0.15, 0.2) is 0 Å². The molecule has 0 N–H and O–H groups in total. The van der Waals surface area contributed by atoms with E-state index in [0.717, 1.165) is 24.8 Å². The van der Waals surface area contributed by atoms with Gasteiger partial charge >= 0.3 is 0 Å². The average molecular weight is 303 g/mol. The van der Waals surface area contributed by atoms with E-state index in [1.165, 1.54) is 12.1 Å². The molecule has 0 amide bonds. The molecule has 0 spiro atoms. The first kappa shape index (κ1) is 14.3. The highest BCUT2D eigenvalue weighted by atomic mass is 35.5. The van der Waals surface area contributed by atoms with Gasteiger partial charge in [0.2, 0.25) is 0 Å². The maximum atomic E-state index is 13.8. The third-order valence-electron chi connectivity index (χ3n) is 4.43.